The van der Waals surface area contributed by atoms with E-state index in [4.69, 9.17) is 4.42 Å². The lowest BCUT2D eigenvalue weighted by molar-refractivity contribution is 0.584. The fourth-order valence-electron chi connectivity index (χ4n) is 4.57. The van der Waals surface area contributed by atoms with Crippen LogP contribution in [0.25, 0.3) is 60.5 Å². The van der Waals surface area contributed by atoms with Crippen LogP contribution >= 0.6 is 11.3 Å². The summed E-state index contributed by atoms with van der Waals surface area (Å²) in [6.45, 7) is 0. The minimum atomic E-state index is 0.511. The molecule has 3 heterocycles. The molecule has 0 saturated carbocycles. The molecule has 0 N–H and O–H groups in total. The molecule has 4 aromatic carbocycles. The second-order valence-corrected chi connectivity index (χ2v) is 8.90. The molecule has 5 heteroatoms. The minimum Gasteiger partial charge on any atom is -0.416 e. The van der Waals surface area contributed by atoms with E-state index in [1.807, 2.05) is 42.5 Å². The van der Waals surface area contributed by atoms with E-state index in [-0.39, 0.29) is 0 Å². The topological polar surface area (TPSA) is 43.9 Å². The third-order valence-electron chi connectivity index (χ3n) is 6.05. The zero-order valence-corrected chi connectivity index (χ0v) is 18.3. The van der Waals surface area contributed by atoms with Gasteiger partial charge in [0, 0.05) is 32.3 Å². The van der Waals surface area contributed by atoms with Gasteiger partial charge in [-0.15, -0.1) is 21.5 Å². The van der Waals surface area contributed by atoms with Gasteiger partial charge >= 0.3 is 0 Å². The lowest BCUT2D eigenvalue weighted by atomic mass is 10.1. The van der Waals surface area contributed by atoms with E-state index in [2.05, 4.69) is 74.7 Å². The molecule has 3 aromatic heterocycles. The average molecular weight is 444 g/mol. The fraction of sp³-hybridized carbons (Fsp3) is 0. The van der Waals surface area contributed by atoms with Crippen LogP contribution in [0.2, 0.25) is 0 Å². The maximum Gasteiger partial charge on any atom is 0.248 e. The number of hydrogen-bond donors (Lipinski definition) is 0. The van der Waals surface area contributed by atoms with Gasteiger partial charge < -0.3 is 8.98 Å². The average Bonchev–Trinajstić information content (AvgIpc) is 3.61. The zero-order chi connectivity index (χ0) is 21.8. The number of rotatable bonds is 3. The third kappa shape index (κ3) is 2.83. The Morgan fingerprint density at radius 1 is 0.667 bits per heavy atom. The number of hydrogen-bond acceptors (Lipinski definition) is 4. The van der Waals surface area contributed by atoms with Crippen molar-refractivity contribution in [2.75, 3.05) is 0 Å². The van der Waals surface area contributed by atoms with Crippen LogP contribution in [-0.4, -0.2) is 14.8 Å². The van der Waals surface area contributed by atoms with E-state index in [0.717, 1.165) is 16.8 Å². The van der Waals surface area contributed by atoms with Crippen LogP contribution in [0.3, 0.4) is 0 Å². The maximum absolute atomic E-state index is 6.02. The zero-order valence-electron chi connectivity index (χ0n) is 17.5. The summed E-state index contributed by atoms with van der Waals surface area (Å²) in [5, 5.41) is 14.6. The van der Waals surface area contributed by atoms with Gasteiger partial charge in [0.1, 0.15) is 0 Å². The van der Waals surface area contributed by atoms with Gasteiger partial charge in [-0.05, 0) is 59.3 Å². The Balaban J connectivity index is 1.43. The van der Waals surface area contributed by atoms with Crippen molar-refractivity contribution in [2.45, 2.75) is 0 Å². The Bertz CT molecular complexity index is 1780. The molecule has 4 nitrogen and oxygen atoms in total. The van der Waals surface area contributed by atoms with Crippen LogP contribution in [0.1, 0.15) is 0 Å². The molecule has 0 saturated heterocycles. The molecule has 0 aliphatic carbocycles. The van der Waals surface area contributed by atoms with Crippen LogP contribution < -0.4 is 0 Å². The summed E-state index contributed by atoms with van der Waals surface area (Å²) in [5.41, 5.74) is 5.24. The Hall–Kier alpha value is -4.22. The number of aromatic nitrogens is 3. The van der Waals surface area contributed by atoms with Gasteiger partial charge in [0.15, 0.2) is 0 Å². The molecule has 0 unspecified atom stereocenters. The predicted molar refractivity (Wildman–Crippen MR) is 135 cm³/mol. The van der Waals surface area contributed by atoms with Gasteiger partial charge in [-0.2, -0.15) is 0 Å². The molecule has 0 aliphatic heterocycles. The molecule has 156 valence electrons. The highest BCUT2D eigenvalue weighted by Gasteiger charge is 2.16. The summed E-state index contributed by atoms with van der Waals surface area (Å²) >= 11 is 1.79. The lowest BCUT2D eigenvalue weighted by Crippen LogP contribution is -1.94. The van der Waals surface area contributed by atoms with E-state index in [9.17, 15) is 0 Å². The van der Waals surface area contributed by atoms with Gasteiger partial charge in [-0.25, -0.2) is 0 Å². The molecule has 0 spiro atoms. The normalized spacial score (nSPS) is 11.6. The van der Waals surface area contributed by atoms with E-state index < -0.39 is 0 Å². The van der Waals surface area contributed by atoms with Crippen molar-refractivity contribution >= 4 is 43.2 Å². The van der Waals surface area contributed by atoms with E-state index >= 15 is 0 Å². The van der Waals surface area contributed by atoms with Crippen molar-refractivity contribution in [3.8, 4) is 28.6 Å². The lowest BCUT2D eigenvalue weighted by Gasteiger charge is -2.09. The molecule has 33 heavy (non-hydrogen) atoms. The molecule has 7 aromatic rings. The minimum absolute atomic E-state index is 0.511. The number of thiophene rings is 1. The van der Waals surface area contributed by atoms with Crippen molar-refractivity contribution in [3.63, 3.8) is 0 Å². The van der Waals surface area contributed by atoms with Crippen LogP contribution in [0, 0.1) is 0 Å². The number of nitrogens with zero attached hydrogens (tertiary/aromatic N) is 3. The molecule has 0 fully saturated rings. The second kappa shape index (κ2) is 7.15. The first-order valence-electron chi connectivity index (χ1n) is 10.8. The highest BCUT2D eigenvalue weighted by Crippen LogP contribution is 2.39. The summed E-state index contributed by atoms with van der Waals surface area (Å²) in [6, 6.07) is 33.3. The molecule has 0 atom stereocenters. The monoisotopic (exact) mass is 443 g/mol. The van der Waals surface area contributed by atoms with Crippen LogP contribution in [0.4, 0.5) is 0 Å². The van der Waals surface area contributed by atoms with Crippen molar-refractivity contribution < 1.29 is 4.42 Å². The van der Waals surface area contributed by atoms with Crippen molar-refractivity contribution in [3.05, 3.63) is 102 Å². The number of fused-ring (bicyclic) bond motifs is 5. The van der Waals surface area contributed by atoms with E-state index in [1.54, 1.807) is 11.3 Å². The summed E-state index contributed by atoms with van der Waals surface area (Å²) in [4.78, 5) is 0. The van der Waals surface area contributed by atoms with Crippen molar-refractivity contribution in [1.82, 2.24) is 14.8 Å². The first kappa shape index (κ1) is 18.4. The molecule has 0 bridgehead atoms. The largest absolute Gasteiger partial charge is 0.416 e. The van der Waals surface area contributed by atoms with Gasteiger partial charge in [0.2, 0.25) is 11.8 Å². The Morgan fingerprint density at radius 2 is 1.45 bits per heavy atom. The first-order valence-corrected chi connectivity index (χ1v) is 11.6. The third-order valence-corrected chi connectivity index (χ3v) is 7.00. The summed E-state index contributed by atoms with van der Waals surface area (Å²) in [7, 11) is 0. The Kier molecular flexibility index (Phi) is 3.98. The van der Waals surface area contributed by atoms with Gasteiger partial charge in [0.05, 0.1) is 11.0 Å². The van der Waals surface area contributed by atoms with Crippen molar-refractivity contribution in [1.29, 1.82) is 0 Å². The molecule has 0 amide bonds. The molecule has 0 aliphatic rings. The van der Waals surface area contributed by atoms with Crippen LogP contribution in [0.15, 0.2) is 107 Å². The second-order valence-electron chi connectivity index (χ2n) is 7.98. The Morgan fingerprint density at radius 3 is 2.36 bits per heavy atom. The molecular weight excluding hydrogens is 426 g/mol. The van der Waals surface area contributed by atoms with E-state index in [1.165, 1.54) is 31.9 Å². The number of para-hydroxylation sites is 1. The van der Waals surface area contributed by atoms with Crippen LogP contribution in [0.5, 0.6) is 0 Å². The number of benzene rings is 4. The quantitative estimate of drug-likeness (QED) is 0.281. The molecular formula is C28H17N3OS. The Labute approximate surface area is 193 Å². The van der Waals surface area contributed by atoms with Crippen molar-refractivity contribution in [2.24, 2.45) is 0 Å². The van der Waals surface area contributed by atoms with Gasteiger partial charge in [-0.3, -0.25) is 0 Å². The predicted octanol–water partition coefficient (Wildman–Crippen LogP) is 7.72. The first-order chi connectivity index (χ1) is 16.4. The summed E-state index contributed by atoms with van der Waals surface area (Å²) < 4.78 is 9.66. The highest BCUT2D eigenvalue weighted by molar-refractivity contribution is 7.18. The standard InChI is InChI=1S/C28H17N3OS/c1-2-7-19(8-3-1)27-29-30-28(32-27)20-9-6-10-21(17-20)31-23-12-5-4-11-22(23)25-24(31)14-13-18-15-16-33-26(18)25/h1-17H. The SMILES string of the molecule is c1ccc(-c2nnc(-c3cccc(-n4c5ccccc5c5c6sccc6ccc54)c3)o2)cc1. The molecule has 7 rings (SSSR count). The smallest absolute Gasteiger partial charge is 0.248 e. The summed E-state index contributed by atoms with van der Waals surface area (Å²) in [6.07, 6.45) is 0. The highest BCUT2D eigenvalue weighted by atomic mass is 32.1. The molecule has 0 radical (unpaired) electrons. The van der Waals surface area contributed by atoms with Gasteiger partial charge in [0.25, 0.3) is 0 Å². The van der Waals surface area contributed by atoms with Crippen LogP contribution in [-0.2, 0) is 0 Å². The maximum atomic E-state index is 6.02. The van der Waals surface area contributed by atoms with Gasteiger partial charge in [-0.1, -0.05) is 48.5 Å². The fourth-order valence-corrected chi connectivity index (χ4v) is 5.53. The van der Waals surface area contributed by atoms with E-state index in [0.29, 0.717) is 11.8 Å². The summed E-state index contributed by atoms with van der Waals surface area (Å²) in [5.74, 6) is 1.03.